The summed E-state index contributed by atoms with van der Waals surface area (Å²) in [5, 5.41) is 3.87. The maximum Gasteiger partial charge on any atom is 0.140 e. The molecule has 0 aromatic carbocycles. The minimum atomic E-state index is 0.460. The summed E-state index contributed by atoms with van der Waals surface area (Å²) in [6, 6.07) is 1.83. The Bertz CT molecular complexity index is 383. The van der Waals surface area contributed by atoms with Crippen LogP contribution in [-0.4, -0.2) is 24.2 Å². The molecule has 1 aromatic heterocycles. The summed E-state index contributed by atoms with van der Waals surface area (Å²) in [5.74, 6) is 0.812. The van der Waals surface area contributed by atoms with Crippen LogP contribution in [0.5, 0.6) is 0 Å². The van der Waals surface area contributed by atoms with Gasteiger partial charge < -0.3 is 10.1 Å². The van der Waals surface area contributed by atoms with Gasteiger partial charge in [-0.1, -0.05) is 30.9 Å². The molecule has 1 aromatic rings. The predicted octanol–water partition coefficient (Wildman–Crippen LogP) is 4.26. The Labute approximate surface area is 121 Å². The van der Waals surface area contributed by atoms with Crippen LogP contribution in [0.25, 0.3) is 0 Å². The molecule has 1 N–H and O–H groups in total. The summed E-state index contributed by atoms with van der Waals surface area (Å²) in [6.07, 6.45) is 8.50. The normalized spacial score (nSPS) is 16.8. The molecule has 0 bridgehead atoms. The lowest BCUT2D eigenvalue weighted by molar-refractivity contribution is 0.0347. The fraction of sp³-hybridized carbons (Fsp3) is 0.615. The van der Waals surface area contributed by atoms with Crippen molar-refractivity contribution < 1.29 is 4.74 Å². The number of aromatic nitrogens is 1. The predicted molar refractivity (Wildman–Crippen MR) is 78.3 cm³/mol. The molecule has 1 aliphatic rings. The third kappa shape index (κ3) is 4.41. The monoisotopic (exact) mass is 332 g/mol. The van der Waals surface area contributed by atoms with Crippen molar-refractivity contribution in [1.29, 1.82) is 0 Å². The molecule has 2 rings (SSSR count). The Morgan fingerprint density at radius 3 is 2.89 bits per heavy atom. The Balaban J connectivity index is 1.68. The van der Waals surface area contributed by atoms with E-state index in [-0.39, 0.29) is 0 Å². The molecule has 0 amide bonds. The van der Waals surface area contributed by atoms with Crippen LogP contribution in [0.1, 0.15) is 32.1 Å². The SMILES string of the molecule is Clc1cnc(NCCOC2CCCCC2)c(Br)c1. The quantitative estimate of drug-likeness (QED) is 0.818. The molecule has 0 unspecified atom stereocenters. The highest BCUT2D eigenvalue weighted by Gasteiger charge is 2.13. The highest BCUT2D eigenvalue weighted by molar-refractivity contribution is 9.10. The summed E-state index contributed by atoms with van der Waals surface area (Å²) in [6.45, 7) is 1.49. The minimum absolute atomic E-state index is 0.460. The molecule has 0 spiro atoms. The van der Waals surface area contributed by atoms with Crippen molar-refractivity contribution >= 4 is 33.3 Å². The zero-order chi connectivity index (χ0) is 12.8. The van der Waals surface area contributed by atoms with Crippen molar-refractivity contribution in [2.75, 3.05) is 18.5 Å². The maximum atomic E-state index is 5.84. The van der Waals surface area contributed by atoms with Crippen molar-refractivity contribution in [3.63, 3.8) is 0 Å². The fourth-order valence-corrected chi connectivity index (χ4v) is 2.95. The van der Waals surface area contributed by atoms with E-state index in [9.17, 15) is 0 Å². The maximum absolute atomic E-state index is 5.84. The number of nitrogens with one attached hydrogen (secondary N) is 1. The van der Waals surface area contributed by atoms with Gasteiger partial charge in [0.15, 0.2) is 0 Å². The van der Waals surface area contributed by atoms with Gasteiger partial charge in [-0.3, -0.25) is 0 Å². The number of nitrogens with zero attached hydrogens (tertiary/aromatic N) is 1. The van der Waals surface area contributed by atoms with Crippen LogP contribution in [0.3, 0.4) is 0 Å². The first-order valence-electron chi connectivity index (χ1n) is 6.42. The molecule has 0 atom stereocenters. The first-order chi connectivity index (χ1) is 8.75. The van der Waals surface area contributed by atoms with Crippen LogP contribution in [-0.2, 0) is 4.74 Å². The van der Waals surface area contributed by atoms with Crippen LogP contribution in [0.2, 0.25) is 5.02 Å². The van der Waals surface area contributed by atoms with Gasteiger partial charge in [0.05, 0.1) is 22.2 Å². The van der Waals surface area contributed by atoms with E-state index < -0.39 is 0 Å². The smallest absolute Gasteiger partial charge is 0.140 e. The molecular formula is C13H18BrClN2O. The molecule has 3 nitrogen and oxygen atoms in total. The first kappa shape index (κ1) is 14.1. The molecule has 1 saturated carbocycles. The Hall–Kier alpha value is -0.320. The molecule has 0 radical (unpaired) electrons. The number of ether oxygens (including phenoxy) is 1. The zero-order valence-electron chi connectivity index (χ0n) is 10.3. The summed E-state index contributed by atoms with van der Waals surface area (Å²) >= 11 is 9.26. The second-order valence-corrected chi connectivity index (χ2v) is 5.83. The molecular weight excluding hydrogens is 316 g/mol. The first-order valence-corrected chi connectivity index (χ1v) is 7.59. The van der Waals surface area contributed by atoms with Gasteiger partial charge in [0, 0.05) is 12.7 Å². The van der Waals surface area contributed by atoms with Crippen LogP contribution < -0.4 is 5.32 Å². The van der Waals surface area contributed by atoms with Crippen LogP contribution in [0.4, 0.5) is 5.82 Å². The van der Waals surface area contributed by atoms with E-state index in [1.165, 1.54) is 32.1 Å². The van der Waals surface area contributed by atoms with E-state index >= 15 is 0 Å². The Morgan fingerprint density at radius 1 is 1.39 bits per heavy atom. The molecule has 100 valence electrons. The summed E-state index contributed by atoms with van der Waals surface area (Å²) < 4.78 is 6.72. The van der Waals surface area contributed by atoms with Crippen molar-refractivity contribution in [2.45, 2.75) is 38.2 Å². The van der Waals surface area contributed by atoms with Gasteiger partial charge in [-0.05, 0) is 34.8 Å². The molecule has 1 heterocycles. The van der Waals surface area contributed by atoms with Gasteiger partial charge in [0.1, 0.15) is 5.82 Å². The molecule has 1 aliphatic carbocycles. The number of hydrogen-bond acceptors (Lipinski definition) is 3. The molecule has 0 aliphatic heterocycles. The van der Waals surface area contributed by atoms with E-state index in [1.54, 1.807) is 6.20 Å². The highest BCUT2D eigenvalue weighted by atomic mass is 79.9. The standard InChI is InChI=1S/C13H18BrClN2O/c14-12-8-10(15)9-17-13(12)16-6-7-18-11-4-2-1-3-5-11/h8-9,11H,1-7H2,(H,16,17). The van der Waals surface area contributed by atoms with Gasteiger partial charge in [0.2, 0.25) is 0 Å². The number of pyridine rings is 1. The second kappa shape index (κ2) is 7.31. The van der Waals surface area contributed by atoms with E-state index in [0.29, 0.717) is 11.1 Å². The Kier molecular flexibility index (Phi) is 5.73. The highest BCUT2D eigenvalue weighted by Crippen LogP contribution is 2.23. The Morgan fingerprint density at radius 2 is 2.17 bits per heavy atom. The number of halogens is 2. The van der Waals surface area contributed by atoms with Crippen LogP contribution in [0.15, 0.2) is 16.7 Å². The van der Waals surface area contributed by atoms with Gasteiger partial charge in [0.25, 0.3) is 0 Å². The van der Waals surface area contributed by atoms with Gasteiger partial charge >= 0.3 is 0 Å². The fourth-order valence-electron chi connectivity index (χ4n) is 2.17. The average Bonchev–Trinajstić information content (AvgIpc) is 2.38. The lowest BCUT2D eigenvalue weighted by Gasteiger charge is -2.22. The van der Waals surface area contributed by atoms with Crippen molar-refractivity contribution in [3.05, 3.63) is 21.8 Å². The number of hydrogen-bond donors (Lipinski definition) is 1. The lowest BCUT2D eigenvalue weighted by atomic mass is 9.98. The second-order valence-electron chi connectivity index (χ2n) is 4.54. The van der Waals surface area contributed by atoms with Crippen LogP contribution in [0, 0.1) is 0 Å². The topological polar surface area (TPSA) is 34.2 Å². The third-order valence-electron chi connectivity index (χ3n) is 3.11. The molecule has 18 heavy (non-hydrogen) atoms. The van der Waals surface area contributed by atoms with E-state index in [4.69, 9.17) is 16.3 Å². The molecule has 1 fully saturated rings. The van der Waals surface area contributed by atoms with Crippen molar-refractivity contribution in [3.8, 4) is 0 Å². The van der Waals surface area contributed by atoms with Crippen LogP contribution >= 0.6 is 27.5 Å². The van der Waals surface area contributed by atoms with Gasteiger partial charge in [-0.25, -0.2) is 4.98 Å². The third-order valence-corrected chi connectivity index (χ3v) is 3.92. The lowest BCUT2D eigenvalue weighted by Crippen LogP contribution is -2.20. The van der Waals surface area contributed by atoms with E-state index in [1.807, 2.05) is 6.07 Å². The van der Waals surface area contributed by atoms with Crippen molar-refractivity contribution in [1.82, 2.24) is 4.98 Å². The number of anilines is 1. The van der Waals surface area contributed by atoms with Crippen molar-refractivity contribution in [2.24, 2.45) is 0 Å². The zero-order valence-corrected chi connectivity index (χ0v) is 12.6. The average molecular weight is 334 g/mol. The summed E-state index contributed by atoms with van der Waals surface area (Å²) in [7, 11) is 0. The number of rotatable bonds is 5. The molecule has 0 saturated heterocycles. The van der Waals surface area contributed by atoms with E-state index in [2.05, 4.69) is 26.2 Å². The molecule has 5 heteroatoms. The van der Waals surface area contributed by atoms with E-state index in [0.717, 1.165) is 23.4 Å². The largest absolute Gasteiger partial charge is 0.376 e. The minimum Gasteiger partial charge on any atom is -0.376 e. The van der Waals surface area contributed by atoms with Gasteiger partial charge in [-0.15, -0.1) is 0 Å². The summed E-state index contributed by atoms with van der Waals surface area (Å²) in [5.41, 5.74) is 0. The van der Waals surface area contributed by atoms with Gasteiger partial charge in [-0.2, -0.15) is 0 Å². The summed E-state index contributed by atoms with van der Waals surface area (Å²) in [4.78, 5) is 4.22.